The van der Waals surface area contributed by atoms with Crippen molar-refractivity contribution in [3.8, 4) is 0 Å². The molecular weight excluding hydrogens is 218 g/mol. The Morgan fingerprint density at radius 2 is 2.00 bits per heavy atom. The molecule has 1 fully saturated rings. The summed E-state index contributed by atoms with van der Waals surface area (Å²) in [6.45, 7) is 9.92. The molecule has 0 amide bonds. The molecule has 18 heavy (non-hydrogen) atoms. The van der Waals surface area contributed by atoms with Crippen LogP contribution in [-0.4, -0.2) is 12.6 Å². The van der Waals surface area contributed by atoms with Crippen LogP contribution >= 0.6 is 0 Å². The fraction of sp³-hybridized carbons (Fsp3) is 0.529. The Hall–Kier alpha value is -1.08. The molecule has 0 radical (unpaired) electrons. The summed E-state index contributed by atoms with van der Waals surface area (Å²) < 4.78 is 0. The molecule has 1 saturated carbocycles. The summed E-state index contributed by atoms with van der Waals surface area (Å²) in [5, 5.41) is 3.64. The highest BCUT2D eigenvalue weighted by Crippen LogP contribution is 2.41. The highest BCUT2D eigenvalue weighted by molar-refractivity contribution is 5.63. The maximum absolute atomic E-state index is 3.64. The van der Waals surface area contributed by atoms with E-state index in [4.69, 9.17) is 0 Å². The van der Waals surface area contributed by atoms with E-state index in [1.165, 1.54) is 23.1 Å². The van der Waals surface area contributed by atoms with Crippen LogP contribution in [0.5, 0.6) is 0 Å². The van der Waals surface area contributed by atoms with Crippen molar-refractivity contribution in [3.05, 3.63) is 41.5 Å². The van der Waals surface area contributed by atoms with Crippen LogP contribution in [0.4, 0.5) is 0 Å². The maximum Gasteiger partial charge on any atom is 0.0143 e. The summed E-state index contributed by atoms with van der Waals surface area (Å²) in [5.74, 6) is 1.48. The minimum Gasteiger partial charge on any atom is -0.313 e. The Morgan fingerprint density at radius 3 is 2.56 bits per heavy atom. The molecule has 98 valence electrons. The summed E-state index contributed by atoms with van der Waals surface area (Å²) >= 11 is 0. The number of benzene rings is 1. The van der Waals surface area contributed by atoms with Gasteiger partial charge in [0.2, 0.25) is 0 Å². The predicted molar refractivity (Wildman–Crippen MR) is 79.8 cm³/mol. The van der Waals surface area contributed by atoms with Crippen molar-refractivity contribution in [3.63, 3.8) is 0 Å². The summed E-state index contributed by atoms with van der Waals surface area (Å²) in [6, 6.07) is 9.81. The zero-order valence-electron chi connectivity index (χ0n) is 12.0. The van der Waals surface area contributed by atoms with Crippen molar-refractivity contribution in [1.82, 2.24) is 5.32 Å². The second-order valence-corrected chi connectivity index (χ2v) is 5.84. The first-order valence-electron chi connectivity index (χ1n) is 7.08. The van der Waals surface area contributed by atoms with Crippen molar-refractivity contribution in [2.45, 2.75) is 46.1 Å². The van der Waals surface area contributed by atoms with E-state index < -0.39 is 0 Å². The first-order valence-corrected chi connectivity index (χ1v) is 7.08. The molecule has 0 aliphatic heterocycles. The van der Waals surface area contributed by atoms with Crippen LogP contribution in [0.1, 0.15) is 51.2 Å². The Balaban J connectivity index is 1.92. The van der Waals surface area contributed by atoms with E-state index in [1.807, 2.05) is 0 Å². The molecule has 0 aromatic heterocycles. The molecule has 0 heterocycles. The van der Waals surface area contributed by atoms with Gasteiger partial charge >= 0.3 is 0 Å². The van der Waals surface area contributed by atoms with Gasteiger partial charge in [-0.3, -0.25) is 0 Å². The Kier molecular flexibility index (Phi) is 4.23. The lowest BCUT2D eigenvalue weighted by molar-refractivity contribution is 0.545. The monoisotopic (exact) mass is 243 g/mol. The van der Waals surface area contributed by atoms with Gasteiger partial charge in [0.25, 0.3) is 0 Å². The average Bonchev–Trinajstić information content (AvgIpc) is 3.15. The standard InChI is InChI=1S/C17H25N/c1-5-13(4)14-6-8-15(9-7-14)16-10-17(16)18-11-12(2)3/h5-9,12,16-18H,10-11H2,1-4H3/b13-5+. The van der Waals surface area contributed by atoms with Gasteiger partial charge in [0.05, 0.1) is 0 Å². The molecule has 1 aliphatic rings. The molecule has 1 aliphatic carbocycles. The van der Waals surface area contributed by atoms with Gasteiger partial charge in [0.1, 0.15) is 0 Å². The Morgan fingerprint density at radius 1 is 1.33 bits per heavy atom. The molecular formula is C17H25N. The first-order chi connectivity index (χ1) is 8.61. The van der Waals surface area contributed by atoms with Crippen molar-refractivity contribution < 1.29 is 0 Å². The van der Waals surface area contributed by atoms with Crippen LogP contribution in [-0.2, 0) is 0 Å². The molecule has 1 heteroatoms. The fourth-order valence-electron chi connectivity index (χ4n) is 2.34. The van der Waals surface area contributed by atoms with Gasteiger partial charge in [-0.15, -0.1) is 0 Å². The van der Waals surface area contributed by atoms with Crippen LogP contribution in [0.15, 0.2) is 30.3 Å². The van der Waals surface area contributed by atoms with Gasteiger partial charge in [0.15, 0.2) is 0 Å². The highest BCUT2D eigenvalue weighted by Gasteiger charge is 2.37. The molecule has 2 rings (SSSR count). The number of rotatable bonds is 5. The highest BCUT2D eigenvalue weighted by atomic mass is 15.0. The van der Waals surface area contributed by atoms with Crippen molar-refractivity contribution in [1.29, 1.82) is 0 Å². The molecule has 0 bridgehead atoms. The molecule has 1 aromatic rings. The van der Waals surface area contributed by atoms with Gasteiger partial charge in [-0.05, 0) is 49.4 Å². The van der Waals surface area contributed by atoms with E-state index in [0.717, 1.165) is 18.4 Å². The van der Waals surface area contributed by atoms with Gasteiger partial charge < -0.3 is 5.32 Å². The Labute approximate surface area is 111 Å². The maximum atomic E-state index is 3.64. The van der Waals surface area contributed by atoms with Crippen LogP contribution in [0.3, 0.4) is 0 Å². The van der Waals surface area contributed by atoms with Crippen molar-refractivity contribution >= 4 is 5.57 Å². The third-order valence-corrected chi connectivity index (χ3v) is 3.81. The average molecular weight is 243 g/mol. The van der Waals surface area contributed by atoms with Crippen LogP contribution in [0, 0.1) is 5.92 Å². The number of nitrogens with one attached hydrogen (secondary N) is 1. The first kappa shape index (κ1) is 13.4. The van der Waals surface area contributed by atoms with E-state index in [9.17, 15) is 0 Å². The zero-order chi connectivity index (χ0) is 13.1. The Bertz CT molecular complexity index is 414. The van der Waals surface area contributed by atoms with E-state index in [0.29, 0.717) is 6.04 Å². The van der Waals surface area contributed by atoms with Gasteiger partial charge in [-0.25, -0.2) is 0 Å². The smallest absolute Gasteiger partial charge is 0.0143 e. The third kappa shape index (κ3) is 3.23. The van der Waals surface area contributed by atoms with Crippen LogP contribution in [0.25, 0.3) is 5.57 Å². The molecule has 2 atom stereocenters. The van der Waals surface area contributed by atoms with E-state index in [1.54, 1.807) is 0 Å². The van der Waals surface area contributed by atoms with Gasteiger partial charge in [0, 0.05) is 12.0 Å². The second-order valence-electron chi connectivity index (χ2n) is 5.84. The normalized spacial score (nSPS) is 23.5. The van der Waals surface area contributed by atoms with E-state index in [-0.39, 0.29) is 0 Å². The number of hydrogen-bond donors (Lipinski definition) is 1. The lowest BCUT2D eigenvalue weighted by Gasteiger charge is -2.07. The van der Waals surface area contributed by atoms with E-state index >= 15 is 0 Å². The summed E-state index contributed by atoms with van der Waals surface area (Å²) in [7, 11) is 0. The van der Waals surface area contributed by atoms with Crippen LogP contribution in [0.2, 0.25) is 0 Å². The van der Waals surface area contributed by atoms with Crippen LogP contribution < -0.4 is 5.32 Å². The van der Waals surface area contributed by atoms with Gasteiger partial charge in [-0.2, -0.15) is 0 Å². The topological polar surface area (TPSA) is 12.0 Å². The predicted octanol–water partition coefficient (Wildman–Crippen LogP) is 4.21. The number of hydrogen-bond acceptors (Lipinski definition) is 1. The lowest BCUT2D eigenvalue weighted by atomic mass is 10.0. The minimum atomic E-state index is 0.709. The molecule has 1 nitrogen and oxygen atoms in total. The molecule has 2 unspecified atom stereocenters. The van der Waals surface area contributed by atoms with E-state index in [2.05, 4.69) is 63.4 Å². The summed E-state index contributed by atoms with van der Waals surface area (Å²) in [6.07, 6.45) is 3.47. The van der Waals surface area contributed by atoms with Crippen molar-refractivity contribution in [2.75, 3.05) is 6.54 Å². The zero-order valence-corrected chi connectivity index (χ0v) is 12.0. The van der Waals surface area contributed by atoms with Gasteiger partial charge in [-0.1, -0.05) is 44.2 Å². The second kappa shape index (κ2) is 5.71. The fourth-order valence-corrected chi connectivity index (χ4v) is 2.34. The molecule has 1 aromatic carbocycles. The molecule has 0 saturated heterocycles. The largest absolute Gasteiger partial charge is 0.313 e. The minimum absolute atomic E-state index is 0.709. The third-order valence-electron chi connectivity index (χ3n) is 3.81. The lowest BCUT2D eigenvalue weighted by Crippen LogP contribution is -2.22. The summed E-state index contributed by atoms with van der Waals surface area (Å²) in [4.78, 5) is 0. The van der Waals surface area contributed by atoms with Crippen molar-refractivity contribution in [2.24, 2.45) is 5.92 Å². The molecule has 0 spiro atoms. The molecule has 1 N–H and O–H groups in total. The quantitative estimate of drug-likeness (QED) is 0.817. The SMILES string of the molecule is C/C=C(\C)c1ccc(C2CC2NCC(C)C)cc1. The number of allylic oxidation sites excluding steroid dienone is 2. The summed E-state index contributed by atoms with van der Waals surface area (Å²) in [5.41, 5.74) is 4.18.